The Kier molecular flexibility index (Phi) is 6.26. The molecule has 2 aromatic rings. The Morgan fingerprint density at radius 3 is 2.54 bits per heavy atom. The number of halogens is 1. The van der Waals surface area contributed by atoms with Gasteiger partial charge in [-0.25, -0.2) is 9.97 Å². The normalized spacial score (nSPS) is 11.6. The summed E-state index contributed by atoms with van der Waals surface area (Å²) in [5, 5.41) is 5.84. The number of nitrogens with one attached hydrogen (secondary N) is 2. The van der Waals surface area contributed by atoms with E-state index < -0.39 is 0 Å². The molecule has 1 aromatic heterocycles. The van der Waals surface area contributed by atoms with Gasteiger partial charge in [-0.15, -0.1) is 0 Å². The van der Waals surface area contributed by atoms with Gasteiger partial charge < -0.3 is 10.6 Å². The van der Waals surface area contributed by atoms with Crippen molar-refractivity contribution in [1.82, 2.24) is 20.6 Å². The van der Waals surface area contributed by atoms with Crippen molar-refractivity contribution in [3.63, 3.8) is 0 Å². The van der Waals surface area contributed by atoms with Crippen LogP contribution in [0.3, 0.4) is 0 Å². The predicted octanol–water partition coefficient (Wildman–Crippen LogP) is 2.59. The molecule has 0 unspecified atom stereocenters. The number of carbonyl (C=O) groups excluding carboxylic acids is 2. The summed E-state index contributed by atoms with van der Waals surface area (Å²) in [6, 6.07) is 7.20. The average molecular weight is 347 g/mol. The SMILES string of the molecule is CC[C@@H](C)NC(=O)c1ccc(CNC(=O)c2ncncc2Cl)cc1. The van der Waals surface area contributed by atoms with Gasteiger partial charge in [-0.05, 0) is 31.0 Å². The van der Waals surface area contributed by atoms with Crippen molar-refractivity contribution in [2.45, 2.75) is 32.9 Å². The zero-order valence-corrected chi connectivity index (χ0v) is 14.3. The lowest BCUT2D eigenvalue weighted by Gasteiger charge is -2.11. The number of hydrogen-bond acceptors (Lipinski definition) is 4. The fourth-order valence-corrected chi connectivity index (χ4v) is 2.12. The van der Waals surface area contributed by atoms with Gasteiger partial charge in [0.05, 0.1) is 5.02 Å². The molecule has 0 aliphatic heterocycles. The molecule has 0 fully saturated rings. The van der Waals surface area contributed by atoms with E-state index in [9.17, 15) is 9.59 Å². The van der Waals surface area contributed by atoms with Crippen LogP contribution in [0.4, 0.5) is 0 Å². The van der Waals surface area contributed by atoms with Gasteiger partial charge in [-0.1, -0.05) is 30.7 Å². The van der Waals surface area contributed by atoms with E-state index in [1.54, 1.807) is 24.3 Å². The summed E-state index contributed by atoms with van der Waals surface area (Å²) in [4.78, 5) is 31.6. The van der Waals surface area contributed by atoms with Crippen molar-refractivity contribution >= 4 is 23.4 Å². The Labute approximate surface area is 145 Å². The average Bonchev–Trinajstić information content (AvgIpc) is 2.60. The van der Waals surface area contributed by atoms with E-state index in [0.717, 1.165) is 12.0 Å². The van der Waals surface area contributed by atoms with Crippen LogP contribution >= 0.6 is 11.6 Å². The maximum absolute atomic E-state index is 12.0. The Bertz CT molecular complexity index is 719. The molecule has 2 rings (SSSR count). The molecule has 0 radical (unpaired) electrons. The molecular weight excluding hydrogens is 328 g/mol. The second kappa shape index (κ2) is 8.40. The van der Waals surface area contributed by atoms with Gasteiger partial charge in [-0.2, -0.15) is 0 Å². The molecule has 1 atom stereocenters. The monoisotopic (exact) mass is 346 g/mol. The minimum atomic E-state index is -0.374. The molecule has 1 heterocycles. The number of benzene rings is 1. The molecule has 2 amide bonds. The first kappa shape index (κ1) is 17.9. The van der Waals surface area contributed by atoms with E-state index in [-0.39, 0.29) is 28.6 Å². The number of hydrogen-bond donors (Lipinski definition) is 2. The second-order valence-electron chi connectivity index (χ2n) is 5.38. The van der Waals surface area contributed by atoms with Gasteiger partial charge >= 0.3 is 0 Å². The van der Waals surface area contributed by atoms with Crippen LogP contribution in [0.25, 0.3) is 0 Å². The Morgan fingerprint density at radius 2 is 1.92 bits per heavy atom. The largest absolute Gasteiger partial charge is 0.350 e. The lowest BCUT2D eigenvalue weighted by atomic mass is 10.1. The highest BCUT2D eigenvalue weighted by molar-refractivity contribution is 6.33. The maximum atomic E-state index is 12.0. The summed E-state index contributed by atoms with van der Waals surface area (Å²) in [6.07, 6.45) is 3.52. The summed E-state index contributed by atoms with van der Waals surface area (Å²) in [6.45, 7) is 4.28. The Morgan fingerprint density at radius 1 is 1.21 bits per heavy atom. The van der Waals surface area contributed by atoms with Crippen molar-refractivity contribution in [1.29, 1.82) is 0 Å². The third-order valence-electron chi connectivity index (χ3n) is 3.54. The van der Waals surface area contributed by atoms with Gasteiger partial charge in [0.2, 0.25) is 0 Å². The number of rotatable bonds is 6. The third kappa shape index (κ3) is 4.76. The van der Waals surface area contributed by atoms with Crippen molar-refractivity contribution in [3.8, 4) is 0 Å². The van der Waals surface area contributed by atoms with Gasteiger partial charge in [-0.3, -0.25) is 9.59 Å². The summed E-state index contributed by atoms with van der Waals surface area (Å²) in [5.74, 6) is -0.478. The summed E-state index contributed by atoms with van der Waals surface area (Å²) >= 11 is 5.88. The molecule has 2 N–H and O–H groups in total. The van der Waals surface area contributed by atoms with E-state index in [4.69, 9.17) is 11.6 Å². The zero-order chi connectivity index (χ0) is 17.5. The molecule has 6 nitrogen and oxygen atoms in total. The van der Waals surface area contributed by atoms with Gasteiger partial charge in [0.25, 0.3) is 11.8 Å². The van der Waals surface area contributed by atoms with Crippen LogP contribution in [0.5, 0.6) is 0 Å². The van der Waals surface area contributed by atoms with Crippen LogP contribution < -0.4 is 10.6 Å². The molecule has 1 aromatic carbocycles. The molecule has 0 aliphatic carbocycles. The molecule has 0 saturated carbocycles. The number of aromatic nitrogens is 2. The maximum Gasteiger partial charge on any atom is 0.271 e. The number of amides is 2. The highest BCUT2D eigenvalue weighted by Crippen LogP contribution is 2.11. The molecule has 0 spiro atoms. The van der Waals surface area contributed by atoms with E-state index in [0.29, 0.717) is 12.1 Å². The Hall–Kier alpha value is -2.47. The second-order valence-corrected chi connectivity index (χ2v) is 5.79. The minimum absolute atomic E-state index is 0.104. The summed E-state index contributed by atoms with van der Waals surface area (Å²) in [7, 11) is 0. The first-order valence-electron chi connectivity index (χ1n) is 7.64. The van der Waals surface area contributed by atoms with Crippen LogP contribution in [-0.2, 0) is 6.54 Å². The fraction of sp³-hybridized carbons (Fsp3) is 0.294. The third-order valence-corrected chi connectivity index (χ3v) is 3.82. The first-order valence-corrected chi connectivity index (χ1v) is 8.02. The Balaban J connectivity index is 1.93. The van der Waals surface area contributed by atoms with Gasteiger partial charge in [0.1, 0.15) is 12.0 Å². The van der Waals surface area contributed by atoms with Crippen LogP contribution in [-0.4, -0.2) is 27.8 Å². The zero-order valence-electron chi connectivity index (χ0n) is 13.5. The molecular formula is C17H19ClN4O2. The van der Waals surface area contributed by atoms with Crippen LogP contribution in [0, 0.1) is 0 Å². The lowest BCUT2D eigenvalue weighted by Crippen LogP contribution is -2.31. The van der Waals surface area contributed by atoms with E-state index in [1.807, 2.05) is 13.8 Å². The summed E-state index contributed by atoms with van der Waals surface area (Å²) in [5.41, 5.74) is 1.59. The molecule has 126 valence electrons. The predicted molar refractivity (Wildman–Crippen MR) is 91.9 cm³/mol. The molecule has 0 saturated heterocycles. The fourth-order valence-electron chi connectivity index (χ4n) is 1.93. The number of nitrogens with zero attached hydrogens (tertiary/aromatic N) is 2. The summed E-state index contributed by atoms with van der Waals surface area (Å²) < 4.78 is 0. The minimum Gasteiger partial charge on any atom is -0.350 e. The highest BCUT2D eigenvalue weighted by Gasteiger charge is 2.12. The van der Waals surface area contributed by atoms with Crippen LogP contribution in [0.1, 0.15) is 46.7 Å². The standard InChI is InChI=1S/C17H19ClN4O2/c1-3-11(2)22-16(23)13-6-4-12(5-7-13)8-20-17(24)15-14(18)9-19-10-21-15/h4-7,9-11H,3,8H2,1-2H3,(H,20,24)(H,22,23)/t11-/m1/s1. The smallest absolute Gasteiger partial charge is 0.271 e. The van der Waals surface area contributed by atoms with Crippen LogP contribution in [0.15, 0.2) is 36.8 Å². The molecule has 0 bridgehead atoms. The van der Waals surface area contributed by atoms with Crippen molar-refractivity contribution in [2.75, 3.05) is 0 Å². The van der Waals surface area contributed by atoms with E-state index >= 15 is 0 Å². The quantitative estimate of drug-likeness (QED) is 0.842. The van der Waals surface area contributed by atoms with Crippen LogP contribution in [0.2, 0.25) is 5.02 Å². The highest BCUT2D eigenvalue weighted by atomic mass is 35.5. The topological polar surface area (TPSA) is 84.0 Å². The van der Waals surface area contributed by atoms with Crippen molar-refractivity contribution < 1.29 is 9.59 Å². The van der Waals surface area contributed by atoms with E-state index in [2.05, 4.69) is 20.6 Å². The first-order chi connectivity index (χ1) is 11.5. The molecule has 24 heavy (non-hydrogen) atoms. The van der Waals surface area contributed by atoms with Gasteiger partial charge in [0.15, 0.2) is 0 Å². The lowest BCUT2D eigenvalue weighted by molar-refractivity contribution is 0.0932. The van der Waals surface area contributed by atoms with Crippen molar-refractivity contribution in [2.24, 2.45) is 0 Å². The van der Waals surface area contributed by atoms with E-state index in [1.165, 1.54) is 12.5 Å². The van der Waals surface area contributed by atoms with Crippen molar-refractivity contribution in [3.05, 3.63) is 58.6 Å². The number of carbonyl (C=O) groups is 2. The van der Waals surface area contributed by atoms with Gasteiger partial charge in [0, 0.05) is 24.3 Å². The molecule has 0 aliphatic rings. The molecule has 7 heteroatoms.